The number of ether oxygens (including phenoxy) is 1. The Morgan fingerprint density at radius 1 is 0.923 bits per heavy atom. The molecule has 1 aliphatic rings. The summed E-state index contributed by atoms with van der Waals surface area (Å²) in [6.45, 7) is 5.12. The highest BCUT2D eigenvalue weighted by Crippen LogP contribution is 2.32. The van der Waals surface area contributed by atoms with E-state index in [-0.39, 0.29) is 19.5 Å². The fourth-order valence-corrected chi connectivity index (χ4v) is 6.17. The summed E-state index contributed by atoms with van der Waals surface area (Å²) in [5.41, 5.74) is 4.57. The quantitative estimate of drug-likeness (QED) is 0.117. The highest BCUT2D eigenvalue weighted by molar-refractivity contribution is 5.87. The number of aliphatic hydroxyl groups excluding tert-OH is 1. The van der Waals surface area contributed by atoms with Crippen molar-refractivity contribution in [1.82, 2.24) is 26.1 Å². The van der Waals surface area contributed by atoms with E-state index in [1.165, 1.54) is 12.1 Å². The monoisotopic (exact) mass is 703 g/mol. The number of nitrogens with one attached hydrogen (secondary N) is 3. The van der Waals surface area contributed by atoms with Gasteiger partial charge in [-0.2, -0.15) is 0 Å². The number of carbonyl (C=O) groups is 3. The normalized spacial score (nSPS) is 16.8. The van der Waals surface area contributed by atoms with Gasteiger partial charge in [-0.3, -0.25) is 15.0 Å². The largest absolute Gasteiger partial charge is 0.453 e. The average molecular weight is 704 g/mol. The first-order chi connectivity index (χ1) is 24.8. The standard InChI is InChI=1S/C41H45N5O6/c1-40(2,3)36(44-39(50)52-4)37(48)45-46(26-30-19-17-28(18-20-30)21-22-32-15-10-11-23-42-32)27-41(51,25-29-12-6-5-7-13-29)38(49)43-35-33-16-9-8-14-31(33)24-34(35)47/h5-20,23,34-36,47,51H,24-27H2,1-4H3,(H,43,49)(H,44,50)(H,45,48)/t34-,35+,36-,41+/m1/s1. The second kappa shape index (κ2) is 16.7. The van der Waals surface area contributed by atoms with Crippen molar-refractivity contribution < 1.29 is 29.3 Å². The number of aliphatic hydroxyl groups is 2. The van der Waals surface area contributed by atoms with Crippen LogP contribution in [0, 0.1) is 17.3 Å². The van der Waals surface area contributed by atoms with E-state index in [0.717, 1.165) is 22.3 Å². The van der Waals surface area contributed by atoms with Gasteiger partial charge in [0.1, 0.15) is 11.7 Å². The SMILES string of the molecule is COC(=O)N[C@H](C(=O)NN(Cc1ccc(C#Cc2ccccn2)cc1)C[C@@](O)(Cc1ccccc1)C(=O)N[C@H]1c2ccccc2C[C@H]1O)C(C)(C)C. The van der Waals surface area contributed by atoms with Gasteiger partial charge in [-0.25, -0.2) is 14.8 Å². The molecule has 5 N–H and O–H groups in total. The zero-order valence-corrected chi connectivity index (χ0v) is 29.8. The molecule has 52 heavy (non-hydrogen) atoms. The van der Waals surface area contributed by atoms with Crippen LogP contribution in [-0.4, -0.2) is 69.5 Å². The maximum Gasteiger partial charge on any atom is 0.407 e. The molecule has 11 heteroatoms. The number of hydrogen-bond acceptors (Lipinski definition) is 8. The lowest BCUT2D eigenvalue weighted by Gasteiger charge is -2.37. The van der Waals surface area contributed by atoms with Crippen LogP contribution in [0.3, 0.4) is 0 Å². The van der Waals surface area contributed by atoms with Crippen molar-refractivity contribution in [3.8, 4) is 11.8 Å². The topological polar surface area (TPSA) is 153 Å². The van der Waals surface area contributed by atoms with Gasteiger partial charge in [0, 0.05) is 31.1 Å². The molecule has 3 amide bonds. The number of carbonyl (C=O) groups excluding carboxylic acids is 3. The van der Waals surface area contributed by atoms with Crippen molar-refractivity contribution in [3.05, 3.63) is 137 Å². The maximum absolute atomic E-state index is 14.3. The molecule has 0 saturated carbocycles. The lowest BCUT2D eigenvalue weighted by Crippen LogP contribution is -2.62. The summed E-state index contributed by atoms with van der Waals surface area (Å²) in [7, 11) is 1.21. The number of pyridine rings is 1. The summed E-state index contributed by atoms with van der Waals surface area (Å²) in [6.07, 6.45) is 0.287. The van der Waals surface area contributed by atoms with E-state index in [1.54, 1.807) is 27.0 Å². The molecular formula is C41H45N5O6. The molecule has 5 rings (SSSR count). The van der Waals surface area contributed by atoms with Crippen molar-refractivity contribution >= 4 is 17.9 Å². The first kappa shape index (κ1) is 37.7. The Morgan fingerprint density at radius 3 is 2.29 bits per heavy atom. The van der Waals surface area contributed by atoms with Gasteiger partial charge in [0.05, 0.1) is 25.8 Å². The van der Waals surface area contributed by atoms with E-state index in [0.29, 0.717) is 17.7 Å². The van der Waals surface area contributed by atoms with Crippen molar-refractivity contribution in [2.24, 2.45) is 5.41 Å². The van der Waals surface area contributed by atoms with Gasteiger partial charge in [0.25, 0.3) is 11.8 Å². The van der Waals surface area contributed by atoms with Crippen LogP contribution in [0.4, 0.5) is 4.79 Å². The molecule has 0 saturated heterocycles. The highest BCUT2D eigenvalue weighted by Gasteiger charge is 2.43. The van der Waals surface area contributed by atoms with Gasteiger partial charge < -0.3 is 25.6 Å². The number of alkyl carbamates (subject to hydrolysis) is 1. The molecule has 4 atom stereocenters. The van der Waals surface area contributed by atoms with E-state index in [4.69, 9.17) is 4.74 Å². The first-order valence-electron chi connectivity index (χ1n) is 17.1. The van der Waals surface area contributed by atoms with Gasteiger partial charge in [0.2, 0.25) is 0 Å². The molecule has 1 aliphatic carbocycles. The Labute approximate surface area is 304 Å². The Bertz CT molecular complexity index is 1900. The number of methoxy groups -OCH3 is 1. The van der Waals surface area contributed by atoms with Crippen LogP contribution in [-0.2, 0) is 33.7 Å². The number of aromatic nitrogens is 1. The Balaban J connectivity index is 1.46. The third-order valence-electron chi connectivity index (χ3n) is 8.88. The van der Waals surface area contributed by atoms with Crippen LogP contribution >= 0.6 is 0 Å². The van der Waals surface area contributed by atoms with Crippen LogP contribution in [0.5, 0.6) is 0 Å². The fourth-order valence-electron chi connectivity index (χ4n) is 6.17. The molecule has 0 bridgehead atoms. The third kappa shape index (κ3) is 9.82. The van der Waals surface area contributed by atoms with Gasteiger partial charge in [-0.15, -0.1) is 0 Å². The van der Waals surface area contributed by atoms with E-state index in [1.807, 2.05) is 97.1 Å². The van der Waals surface area contributed by atoms with Gasteiger partial charge in [0.15, 0.2) is 5.60 Å². The minimum Gasteiger partial charge on any atom is -0.453 e. The predicted octanol–water partition coefficient (Wildman–Crippen LogP) is 3.83. The maximum atomic E-state index is 14.3. The molecule has 11 nitrogen and oxygen atoms in total. The molecule has 0 spiro atoms. The van der Waals surface area contributed by atoms with E-state index < -0.39 is 47.1 Å². The average Bonchev–Trinajstić information content (AvgIpc) is 3.44. The van der Waals surface area contributed by atoms with Gasteiger partial charge in [-0.05, 0) is 57.9 Å². The van der Waals surface area contributed by atoms with Crippen LogP contribution in [0.2, 0.25) is 0 Å². The summed E-state index contributed by atoms with van der Waals surface area (Å²) < 4.78 is 4.79. The number of hydrazine groups is 1. The number of hydrogen-bond donors (Lipinski definition) is 5. The Kier molecular flexibility index (Phi) is 12.1. The van der Waals surface area contributed by atoms with Crippen molar-refractivity contribution in [3.63, 3.8) is 0 Å². The number of fused-ring (bicyclic) bond motifs is 1. The molecule has 0 unspecified atom stereocenters. The molecule has 1 aromatic heterocycles. The Hall–Kier alpha value is -5.54. The van der Waals surface area contributed by atoms with Gasteiger partial charge in [-0.1, -0.05) is 99.5 Å². The minimum absolute atomic E-state index is 0.0774. The van der Waals surface area contributed by atoms with Crippen LogP contribution < -0.4 is 16.1 Å². The molecule has 4 aromatic rings. The fraction of sp³-hybridized carbons (Fsp3) is 0.317. The van der Waals surface area contributed by atoms with E-state index >= 15 is 0 Å². The number of amides is 3. The summed E-state index contributed by atoms with van der Waals surface area (Å²) in [6, 6.07) is 27.7. The zero-order valence-electron chi connectivity index (χ0n) is 29.8. The predicted molar refractivity (Wildman–Crippen MR) is 196 cm³/mol. The number of benzene rings is 3. The van der Waals surface area contributed by atoms with Crippen LogP contribution in [0.25, 0.3) is 0 Å². The summed E-state index contributed by atoms with van der Waals surface area (Å²) >= 11 is 0. The minimum atomic E-state index is -2.09. The molecule has 3 aromatic carbocycles. The van der Waals surface area contributed by atoms with E-state index in [9.17, 15) is 24.6 Å². The molecule has 270 valence electrons. The first-order valence-corrected chi connectivity index (χ1v) is 17.1. The number of nitrogens with zero attached hydrogens (tertiary/aromatic N) is 2. The third-order valence-corrected chi connectivity index (χ3v) is 8.88. The van der Waals surface area contributed by atoms with Crippen LogP contribution in [0.15, 0.2) is 103 Å². The zero-order chi connectivity index (χ0) is 37.3. The van der Waals surface area contributed by atoms with Gasteiger partial charge >= 0.3 is 6.09 Å². The summed E-state index contributed by atoms with van der Waals surface area (Å²) in [4.78, 5) is 44.7. The Morgan fingerprint density at radius 2 is 1.62 bits per heavy atom. The smallest absolute Gasteiger partial charge is 0.407 e. The second-order valence-electron chi connectivity index (χ2n) is 14.0. The molecular weight excluding hydrogens is 658 g/mol. The summed E-state index contributed by atoms with van der Waals surface area (Å²) in [5.74, 6) is 4.84. The summed E-state index contributed by atoms with van der Waals surface area (Å²) in [5, 5.41) is 30.3. The lowest BCUT2D eigenvalue weighted by molar-refractivity contribution is -0.147. The lowest BCUT2D eigenvalue weighted by atomic mass is 9.86. The second-order valence-corrected chi connectivity index (χ2v) is 14.0. The van der Waals surface area contributed by atoms with E-state index in [2.05, 4.69) is 32.9 Å². The van der Waals surface area contributed by atoms with Crippen molar-refractivity contribution in [2.45, 2.75) is 63.9 Å². The molecule has 1 heterocycles. The van der Waals surface area contributed by atoms with Crippen LogP contribution in [0.1, 0.15) is 60.3 Å². The molecule has 0 radical (unpaired) electrons. The van der Waals surface area contributed by atoms with Crippen molar-refractivity contribution in [1.29, 1.82) is 0 Å². The van der Waals surface area contributed by atoms with Crippen molar-refractivity contribution in [2.75, 3.05) is 13.7 Å². The number of rotatable bonds is 11. The highest BCUT2D eigenvalue weighted by atomic mass is 16.5. The molecule has 0 aliphatic heterocycles. The molecule has 0 fully saturated rings.